The number of piperidine rings is 1. The molecule has 2 aliphatic rings. The van der Waals surface area contributed by atoms with Crippen LogP contribution in [0.5, 0.6) is 0 Å². The third-order valence-electron chi connectivity index (χ3n) is 8.46. The Bertz CT molecular complexity index is 870. The van der Waals surface area contributed by atoms with E-state index in [2.05, 4.69) is 10.6 Å². The van der Waals surface area contributed by atoms with Gasteiger partial charge in [0.05, 0.1) is 17.7 Å². The lowest BCUT2D eigenvalue weighted by atomic mass is 9.74. The van der Waals surface area contributed by atoms with Crippen LogP contribution in [-0.4, -0.2) is 73.7 Å². The second-order valence-corrected chi connectivity index (χ2v) is 11.2. The number of amides is 2. The molecule has 0 radical (unpaired) electrons. The van der Waals surface area contributed by atoms with Crippen molar-refractivity contribution >= 4 is 6.03 Å². The molecule has 0 bridgehead atoms. The molecule has 38 heavy (non-hydrogen) atoms. The van der Waals surface area contributed by atoms with Crippen LogP contribution in [0.15, 0.2) is 18.2 Å². The average molecular weight is 540 g/mol. The molecule has 2 fully saturated rings. The molecule has 7 nitrogen and oxygen atoms in total. The Hall–Kier alpha value is -1.81. The largest absolute Gasteiger partial charge is 0.390 e. The Kier molecular flexibility index (Phi) is 12.2. The number of methoxy groups -OCH3 is 1. The summed E-state index contributed by atoms with van der Waals surface area (Å²) in [4.78, 5) is 15.1. The number of benzene rings is 1. The smallest absolute Gasteiger partial charge is 0.317 e. The first-order chi connectivity index (χ1) is 18.3. The van der Waals surface area contributed by atoms with Crippen molar-refractivity contribution in [1.29, 1.82) is 0 Å². The molecule has 4 unspecified atom stereocenters. The number of rotatable bonds is 13. The average Bonchev–Trinajstić information content (AvgIpc) is 2.93. The number of unbranched alkanes of at least 4 members (excludes halogenated alkanes) is 1. The topological polar surface area (TPSA) is 94.1 Å². The molecule has 9 heteroatoms. The quantitative estimate of drug-likeness (QED) is 0.280. The summed E-state index contributed by atoms with van der Waals surface area (Å²) in [7, 11) is 3.38. The number of carbonyl (C=O) groups is 1. The molecule has 1 saturated carbocycles. The highest BCUT2D eigenvalue weighted by Crippen LogP contribution is 2.41. The minimum absolute atomic E-state index is 0.0539. The van der Waals surface area contributed by atoms with Crippen LogP contribution in [0.1, 0.15) is 76.2 Å². The maximum Gasteiger partial charge on any atom is 0.317 e. The molecular weight excluding hydrogens is 492 g/mol. The monoisotopic (exact) mass is 539 g/mol. The van der Waals surface area contributed by atoms with Crippen molar-refractivity contribution in [2.24, 2.45) is 11.8 Å². The number of hydrogen-bond acceptors (Lipinski definition) is 5. The second-order valence-electron chi connectivity index (χ2n) is 11.2. The predicted octanol–water partition coefficient (Wildman–Crippen LogP) is 4.31. The maximum atomic E-state index is 15.0. The van der Waals surface area contributed by atoms with Gasteiger partial charge in [-0.3, -0.25) is 0 Å². The number of hydrogen-bond donors (Lipinski definition) is 4. The number of halogens is 2. The molecular formula is C29H47F2N3O4. The van der Waals surface area contributed by atoms with E-state index in [-0.39, 0.29) is 30.6 Å². The van der Waals surface area contributed by atoms with Crippen molar-refractivity contribution in [1.82, 2.24) is 15.5 Å². The normalized spacial score (nSPS) is 22.1. The summed E-state index contributed by atoms with van der Waals surface area (Å²) in [5.41, 5.74) is -1.67. The Labute approximate surface area is 226 Å². The van der Waals surface area contributed by atoms with Crippen LogP contribution in [0.4, 0.5) is 13.6 Å². The Morgan fingerprint density at radius 1 is 1.18 bits per heavy atom. The van der Waals surface area contributed by atoms with Gasteiger partial charge in [0.2, 0.25) is 0 Å². The molecule has 2 amide bonds. The lowest BCUT2D eigenvalue weighted by Crippen LogP contribution is -2.55. The summed E-state index contributed by atoms with van der Waals surface area (Å²) in [5.74, 6) is -2.01. The number of likely N-dealkylation sites (N-methyl/N-ethyl adjacent to an activating group) is 1. The third-order valence-corrected chi connectivity index (χ3v) is 8.46. The van der Waals surface area contributed by atoms with Gasteiger partial charge >= 0.3 is 6.03 Å². The van der Waals surface area contributed by atoms with Crippen LogP contribution < -0.4 is 10.6 Å². The highest BCUT2D eigenvalue weighted by Gasteiger charge is 2.43. The molecule has 4 N–H and O–H groups in total. The van der Waals surface area contributed by atoms with Crippen molar-refractivity contribution < 1.29 is 28.5 Å². The molecule has 0 spiro atoms. The van der Waals surface area contributed by atoms with Crippen LogP contribution in [0, 0.1) is 23.5 Å². The van der Waals surface area contributed by atoms with Crippen molar-refractivity contribution in [3.05, 3.63) is 35.4 Å². The number of likely N-dealkylation sites (tertiary alicyclic amines) is 1. The van der Waals surface area contributed by atoms with Crippen LogP contribution in [0.25, 0.3) is 0 Å². The van der Waals surface area contributed by atoms with Crippen molar-refractivity contribution in [3.63, 3.8) is 0 Å². The number of nitrogens with zero attached hydrogens (tertiary/aromatic N) is 1. The predicted molar refractivity (Wildman–Crippen MR) is 144 cm³/mol. The summed E-state index contributed by atoms with van der Waals surface area (Å²) in [6.45, 7) is 1.62. The van der Waals surface area contributed by atoms with Crippen molar-refractivity contribution in [2.75, 3.05) is 40.4 Å². The highest BCUT2D eigenvalue weighted by molar-refractivity contribution is 5.74. The first kappa shape index (κ1) is 30.7. The van der Waals surface area contributed by atoms with Crippen molar-refractivity contribution in [3.8, 4) is 0 Å². The molecule has 1 heterocycles. The lowest BCUT2D eigenvalue weighted by molar-refractivity contribution is -0.0593. The molecule has 1 aromatic carbocycles. The first-order valence-corrected chi connectivity index (χ1v) is 14.3. The number of aliphatic hydroxyl groups excluding tert-OH is 1. The van der Waals surface area contributed by atoms with Gasteiger partial charge < -0.3 is 30.5 Å². The van der Waals surface area contributed by atoms with Gasteiger partial charge in [0, 0.05) is 44.8 Å². The van der Waals surface area contributed by atoms with Crippen LogP contribution >= 0.6 is 0 Å². The molecule has 1 aromatic rings. The van der Waals surface area contributed by atoms with Crippen LogP contribution in [0.2, 0.25) is 0 Å². The molecule has 0 aromatic heterocycles. The van der Waals surface area contributed by atoms with E-state index in [1.54, 1.807) is 19.1 Å². The minimum atomic E-state index is -1.62. The van der Waals surface area contributed by atoms with Crippen LogP contribution in [0.3, 0.4) is 0 Å². The van der Waals surface area contributed by atoms with E-state index in [1.165, 1.54) is 31.4 Å². The molecule has 1 aliphatic heterocycles. The zero-order valence-electron chi connectivity index (χ0n) is 23.1. The molecule has 216 valence electrons. The van der Waals surface area contributed by atoms with Gasteiger partial charge in [-0.1, -0.05) is 44.2 Å². The first-order valence-electron chi connectivity index (χ1n) is 14.3. The number of urea groups is 1. The van der Waals surface area contributed by atoms with E-state index >= 15 is 0 Å². The summed E-state index contributed by atoms with van der Waals surface area (Å²) in [6, 6.07) is 3.25. The zero-order chi connectivity index (χ0) is 27.5. The van der Waals surface area contributed by atoms with Crippen molar-refractivity contribution in [2.45, 2.75) is 88.4 Å². The van der Waals surface area contributed by atoms with E-state index < -0.39 is 29.3 Å². The third kappa shape index (κ3) is 8.10. The fraction of sp³-hybridized carbons (Fsp3) is 0.759. The van der Waals surface area contributed by atoms with Gasteiger partial charge in [-0.05, 0) is 57.6 Å². The lowest BCUT2D eigenvalue weighted by Gasteiger charge is -2.43. The Morgan fingerprint density at radius 2 is 1.95 bits per heavy atom. The van der Waals surface area contributed by atoms with Gasteiger partial charge in [0.1, 0.15) is 0 Å². The standard InChI is InChI=1S/C29H47F2N3O4/c1-32-19-26(35)25(18-21-10-4-3-5-11-21)33-28(36)34-16-9-12-22(20-34)29(37,15-6-7-17-38-2)23-13-8-14-24(30)27(23)31/h8,13-14,21-22,25-26,32,35,37H,3-7,9-12,15-20H2,1-2H3,(H,33,36). The van der Waals surface area contributed by atoms with E-state index in [1.807, 2.05) is 0 Å². The van der Waals surface area contributed by atoms with Gasteiger partial charge in [-0.15, -0.1) is 0 Å². The highest BCUT2D eigenvalue weighted by atomic mass is 19.2. The van der Waals surface area contributed by atoms with Gasteiger partial charge in [0.15, 0.2) is 11.6 Å². The number of nitrogens with one attached hydrogen (secondary N) is 2. The maximum absolute atomic E-state index is 15.0. The zero-order valence-corrected chi connectivity index (χ0v) is 23.1. The summed E-state index contributed by atoms with van der Waals surface area (Å²) < 4.78 is 34.3. The van der Waals surface area contributed by atoms with E-state index in [9.17, 15) is 23.8 Å². The van der Waals surface area contributed by atoms with E-state index in [4.69, 9.17) is 4.74 Å². The molecule has 1 saturated heterocycles. The molecule has 3 rings (SSSR count). The molecule has 4 atom stereocenters. The Balaban J connectivity index is 1.75. The SMILES string of the molecule is CNCC(O)C(CC1CCCCC1)NC(=O)N1CCCC(C(O)(CCCCOC)c2cccc(F)c2F)C1. The number of ether oxygens (including phenoxy) is 1. The van der Waals surface area contributed by atoms with E-state index in [0.717, 1.165) is 25.3 Å². The van der Waals surface area contributed by atoms with Gasteiger partial charge in [-0.2, -0.15) is 0 Å². The van der Waals surface area contributed by atoms with Gasteiger partial charge in [-0.25, -0.2) is 13.6 Å². The summed E-state index contributed by atoms with van der Waals surface area (Å²) in [6.07, 6.45) is 8.55. The number of aliphatic hydroxyl groups is 2. The fourth-order valence-corrected chi connectivity index (χ4v) is 6.28. The molecule has 1 aliphatic carbocycles. The summed E-state index contributed by atoms with van der Waals surface area (Å²) in [5, 5.41) is 28.8. The summed E-state index contributed by atoms with van der Waals surface area (Å²) >= 11 is 0. The fourth-order valence-electron chi connectivity index (χ4n) is 6.28. The second kappa shape index (κ2) is 15.1. The van der Waals surface area contributed by atoms with Gasteiger partial charge in [0.25, 0.3) is 0 Å². The van der Waals surface area contributed by atoms with Crippen LogP contribution in [-0.2, 0) is 10.3 Å². The Morgan fingerprint density at radius 3 is 2.66 bits per heavy atom. The minimum Gasteiger partial charge on any atom is -0.390 e. The number of carbonyl (C=O) groups excluding carboxylic acids is 1. The van der Waals surface area contributed by atoms with E-state index in [0.29, 0.717) is 51.3 Å².